The van der Waals surface area contributed by atoms with E-state index < -0.39 is 0 Å². The van der Waals surface area contributed by atoms with Gasteiger partial charge in [-0.1, -0.05) is 0 Å². The molecule has 2 rings (SSSR count). The summed E-state index contributed by atoms with van der Waals surface area (Å²) in [5, 5.41) is 6.44. The van der Waals surface area contributed by atoms with Crippen LogP contribution in [0.1, 0.15) is 18.2 Å². The molecule has 7 nitrogen and oxygen atoms in total. The molecule has 0 saturated heterocycles. The van der Waals surface area contributed by atoms with Gasteiger partial charge in [-0.3, -0.25) is 0 Å². The van der Waals surface area contributed by atoms with E-state index in [0.717, 1.165) is 17.9 Å². The molecule has 0 amide bonds. The number of hydrogen-bond donors (Lipinski definition) is 2. The van der Waals surface area contributed by atoms with Gasteiger partial charge in [-0.25, -0.2) is 4.99 Å². The molecule has 0 unspecified atom stereocenters. The third-order valence-corrected chi connectivity index (χ3v) is 3.50. The van der Waals surface area contributed by atoms with Gasteiger partial charge in [-0.2, -0.15) is 0 Å². The molecular formula is C18H26IN3O4. The van der Waals surface area contributed by atoms with Crippen LogP contribution in [-0.2, 0) is 13.1 Å². The van der Waals surface area contributed by atoms with Gasteiger partial charge in [0.1, 0.15) is 5.76 Å². The number of guanidine groups is 1. The number of hydrogen-bond acceptors (Lipinski definition) is 5. The average molecular weight is 475 g/mol. The minimum absolute atomic E-state index is 0. The van der Waals surface area contributed by atoms with Crippen LogP contribution in [0.4, 0.5) is 0 Å². The maximum Gasteiger partial charge on any atom is 0.203 e. The summed E-state index contributed by atoms with van der Waals surface area (Å²) < 4.78 is 21.4. The van der Waals surface area contributed by atoms with Crippen molar-refractivity contribution in [1.29, 1.82) is 0 Å². The largest absolute Gasteiger partial charge is 0.493 e. The Balaban J connectivity index is 0.00000338. The Morgan fingerprint density at radius 3 is 2.27 bits per heavy atom. The van der Waals surface area contributed by atoms with Gasteiger partial charge in [-0.05, 0) is 36.8 Å². The predicted molar refractivity (Wildman–Crippen MR) is 112 cm³/mol. The molecule has 0 aliphatic heterocycles. The number of methoxy groups -OCH3 is 3. The van der Waals surface area contributed by atoms with Crippen LogP contribution in [0.2, 0.25) is 0 Å². The molecule has 0 aliphatic rings. The third-order valence-electron chi connectivity index (χ3n) is 3.50. The van der Waals surface area contributed by atoms with Crippen LogP contribution >= 0.6 is 24.0 Å². The summed E-state index contributed by atoms with van der Waals surface area (Å²) in [5.74, 6) is 3.34. The minimum atomic E-state index is 0. The highest BCUT2D eigenvalue weighted by molar-refractivity contribution is 14.0. The molecule has 0 radical (unpaired) electrons. The molecule has 0 bridgehead atoms. The van der Waals surface area contributed by atoms with Gasteiger partial charge in [-0.15, -0.1) is 24.0 Å². The number of aliphatic imine (C=N–C) groups is 1. The van der Waals surface area contributed by atoms with E-state index in [1.54, 1.807) is 27.6 Å². The van der Waals surface area contributed by atoms with Gasteiger partial charge in [0.2, 0.25) is 5.75 Å². The summed E-state index contributed by atoms with van der Waals surface area (Å²) in [6.07, 6.45) is 1.65. The molecule has 0 saturated carbocycles. The van der Waals surface area contributed by atoms with E-state index in [4.69, 9.17) is 18.6 Å². The summed E-state index contributed by atoms with van der Waals surface area (Å²) in [6, 6.07) is 7.55. The molecule has 0 fully saturated rings. The van der Waals surface area contributed by atoms with Crippen LogP contribution in [0.15, 0.2) is 39.9 Å². The van der Waals surface area contributed by atoms with Gasteiger partial charge in [0.05, 0.1) is 40.7 Å². The first-order valence-corrected chi connectivity index (χ1v) is 8.05. The zero-order valence-corrected chi connectivity index (χ0v) is 17.8. The Morgan fingerprint density at radius 2 is 1.77 bits per heavy atom. The van der Waals surface area contributed by atoms with E-state index in [1.165, 1.54) is 0 Å². The van der Waals surface area contributed by atoms with Crippen molar-refractivity contribution >= 4 is 29.9 Å². The lowest BCUT2D eigenvalue weighted by atomic mass is 10.2. The summed E-state index contributed by atoms with van der Waals surface area (Å²) in [7, 11) is 4.78. The molecule has 0 aliphatic carbocycles. The second-order valence-corrected chi connectivity index (χ2v) is 5.16. The van der Waals surface area contributed by atoms with Crippen molar-refractivity contribution in [3.8, 4) is 17.2 Å². The number of nitrogens with zero attached hydrogens (tertiary/aromatic N) is 1. The van der Waals surface area contributed by atoms with E-state index >= 15 is 0 Å². The molecule has 1 aromatic carbocycles. The highest BCUT2D eigenvalue weighted by atomic mass is 127. The van der Waals surface area contributed by atoms with Crippen molar-refractivity contribution in [1.82, 2.24) is 10.6 Å². The minimum Gasteiger partial charge on any atom is -0.493 e. The maximum atomic E-state index is 5.37. The SMILES string of the molecule is CCNC(=NCc1cc(OC)c(OC)c(OC)c1)NCc1ccco1.I. The number of rotatable bonds is 8. The maximum absolute atomic E-state index is 5.37. The molecular weight excluding hydrogens is 449 g/mol. The van der Waals surface area contributed by atoms with Crippen molar-refractivity contribution < 1.29 is 18.6 Å². The lowest BCUT2D eigenvalue weighted by Crippen LogP contribution is -2.36. The Bertz CT molecular complexity index is 665. The Morgan fingerprint density at radius 1 is 1.08 bits per heavy atom. The average Bonchev–Trinajstić information content (AvgIpc) is 3.16. The molecule has 2 aromatic rings. The predicted octanol–water partition coefficient (Wildman–Crippen LogP) is 3.18. The highest BCUT2D eigenvalue weighted by Gasteiger charge is 2.13. The molecule has 0 spiro atoms. The number of ether oxygens (including phenoxy) is 3. The van der Waals surface area contributed by atoms with Crippen LogP contribution in [0, 0.1) is 0 Å². The van der Waals surface area contributed by atoms with E-state index in [2.05, 4.69) is 15.6 Å². The topological polar surface area (TPSA) is 77.3 Å². The van der Waals surface area contributed by atoms with Gasteiger partial charge < -0.3 is 29.3 Å². The van der Waals surface area contributed by atoms with Crippen molar-refractivity contribution in [2.24, 2.45) is 4.99 Å². The molecule has 144 valence electrons. The molecule has 26 heavy (non-hydrogen) atoms. The van der Waals surface area contributed by atoms with Crippen molar-refractivity contribution in [3.05, 3.63) is 41.9 Å². The first-order valence-electron chi connectivity index (χ1n) is 8.05. The zero-order chi connectivity index (χ0) is 18.1. The van der Waals surface area contributed by atoms with Crippen LogP contribution in [0.3, 0.4) is 0 Å². The molecule has 0 atom stereocenters. The van der Waals surface area contributed by atoms with Crippen LogP contribution in [0.5, 0.6) is 17.2 Å². The van der Waals surface area contributed by atoms with Crippen molar-refractivity contribution in [2.75, 3.05) is 27.9 Å². The molecule has 1 aromatic heterocycles. The number of benzene rings is 1. The van der Waals surface area contributed by atoms with Crippen LogP contribution in [-0.4, -0.2) is 33.8 Å². The van der Waals surface area contributed by atoms with E-state index in [9.17, 15) is 0 Å². The molecule has 8 heteroatoms. The van der Waals surface area contributed by atoms with Gasteiger partial charge in [0.25, 0.3) is 0 Å². The van der Waals surface area contributed by atoms with Crippen molar-refractivity contribution in [3.63, 3.8) is 0 Å². The Kier molecular flexibility index (Phi) is 9.71. The monoisotopic (exact) mass is 475 g/mol. The quantitative estimate of drug-likeness (QED) is 0.347. The van der Waals surface area contributed by atoms with Crippen LogP contribution in [0.25, 0.3) is 0 Å². The molecule has 2 N–H and O–H groups in total. The number of halogens is 1. The number of nitrogens with one attached hydrogen (secondary N) is 2. The normalized spacial score (nSPS) is 10.7. The lowest BCUT2D eigenvalue weighted by molar-refractivity contribution is 0.324. The first-order chi connectivity index (χ1) is 12.2. The fourth-order valence-electron chi connectivity index (χ4n) is 2.32. The van der Waals surface area contributed by atoms with E-state index in [0.29, 0.717) is 36.3 Å². The fourth-order valence-corrected chi connectivity index (χ4v) is 2.32. The summed E-state index contributed by atoms with van der Waals surface area (Å²) >= 11 is 0. The lowest BCUT2D eigenvalue weighted by Gasteiger charge is -2.14. The highest BCUT2D eigenvalue weighted by Crippen LogP contribution is 2.38. The fraction of sp³-hybridized carbons (Fsp3) is 0.389. The standard InChI is InChI=1S/C18H25N3O4.HI/c1-5-19-18(21-12-14-7-6-8-25-14)20-11-13-9-15(22-2)17(24-4)16(10-13)23-3;/h6-10H,5,11-12H2,1-4H3,(H2,19,20,21);1H. The molecule has 1 heterocycles. The Labute approximate surface area is 171 Å². The van der Waals surface area contributed by atoms with Gasteiger partial charge in [0, 0.05) is 6.54 Å². The third kappa shape index (κ3) is 6.01. The van der Waals surface area contributed by atoms with E-state index in [1.807, 2.05) is 31.2 Å². The van der Waals surface area contributed by atoms with E-state index in [-0.39, 0.29) is 24.0 Å². The zero-order valence-electron chi connectivity index (χ0n) is 15.5. The Hall–Kier alpha value is -2.10. The van der Waals surface area contributed by atoms with Crippen molar-refractivity contribution in [2.45, 2.75) is 20.0 Å². The second kappa shape index (κ2) is 11.5. The van der Waals surface area contributed by atoms with Gasteiger partial charge >= 0.3 is 0 Å². The van der Waals surface area contributed by atoms with Crippen LogP contribution < -0.4 is 24.8 Å². The summed E-state index contributed by atoms with van der Waals surface area (Å²) in [5.41, 5.74) is 0.949. The van der Waals surface area contributed by atoms with Gasteiger partial charge in [0.15, 0.2) is 17.5 Å². The summed E-state index contributed by atoms with van der Waals surface area (Å²) in [4.78, 5) is 4.59. The summed E-state index contributed by atoms with van der Waals surface area (Å²) in [6.45, 7) is 3.81. The smallest absolute Gasteiger partial charge is 0.203 e. The number of furan rings is 1. The first kappa shape index (κ1) is 21.9. The second-order valence-electron chi connectivity index (χ2n) is 5.16.